The van der Waals surface area contributed by atoms with Crippen molar-refractivity contribution in [3.63, 3.8) is 0 Å². The Balaban J connectivity index is 0.000000996. The second-order valence-corrected chi connectivity index (χ2v) is 20.3. The van der Waals surface area contributed by atoms with Crippen molar-refractivity contribution >= 4 is 23.9 Å². The molecule has 390 valence electrons. The molecule has 0 fully saturated rings. The van der Waals surface area contributed by atoms with E-state index in [-0.39, 0.29) is 13.1 Å². The van der Waals surface area contributed by atoms with Crippen molar-refractivity contribution in [2.45, 2.75) is 181 Å². The Hall–Kier alpha value is -3.84. The largest absolute Gasteiger partial charge is 0.549 e. The van der Waals surface area contributed by atoms with Crippen molar-refractivity contribution in [3.8, 4) is 0 Å². The van der Waals surface area contributed by atoms with Crippen LogP contribution in [0.4, 0.5) is 0 Å². The summed E-state index contributed by atoms with van der Waals surface area (Å²) in [4.78, 5) is 43.9. The van der Waals surface area contributed by atoms with Crippen LogP contribution in [-0.4, -0.2) is 133 Å². The van der Waals surface area contributed by atoms with E-state index >= 15 is 0 Å². The second kappa shape index (κ2) is 42.1. The molecule has 0 saturated carbocycles. The lowest BCUT2D eigenvalue weighted by atomic mass is 10.1. The number of hydrogen-bond donors (Lipinski definition) is 2. The monoisotopic (exact) mass is 955 g/mol. The lowest BCUT2D eigenvalue weighted by Gasteiger charge is -2.30. The number of unbranched alkanes of at least 4 members (excludes halogenated alkanes) is 22. The summed E-state index contributed by atoms with van der Waals surface area (Å²) in [6.07, 6.45) is 34.4. The van der Waals surface area contributed by atoms with Crippen molar-refractivity contribution in [2.24, 2.45) is 0 Å². The van der Waals surface area contributed by atoms with Crippen molar-refractivity contribution in [1.29, 1.82) is 0 Å². The molecule has 0 atom stereocenters. The fraction of sp³-hybridized carbons (Fsp3) is 0.714. The van der Waals surface area contributed by atoms with E-state index in [1.54, 1.807) is 0 Å². The average molecular weight is 955 g/mol. The topological polar surface area (TPSA) is 161 Å². The number of benzene rings is 2. The number of quaternary nitrogens is 2. The lowest BCUT2D eigenvalue weighted by molar-refractivity contribution is -0.903. The minimum Gasteiger partial charge on any atom is -0.549 e. The van der Waals surface area contributed by atoms with Crippen LogP contribution in [0, 0.1) is 0 Å². The zero-order valence-corrected chi connectivity index (χ0v) is 43.9. The van der Waals surface area contributed by atoms with Crippen LogP contribution >= 0.6 is 0 Å². The third-order valence-electron chi connectivity index (χ3n) is 12.3. The van der Waals surface area contributed by atoms with Crippen molar-refractivity contribution in [3.05, 3.63) is 71.8 Å². The molecule has 0 aromatic heterocycles. The van der Waals surface area contributed by atoms with E-state index < -0.39 is 50.1 Å². The quantitative estimate of drug-likeness (QED) is 0.0486. The molecule has 0 unspecified atom stereocenters. The van der Waals surface area contributed by atoms with Gasteiger partial charge in [-0.3, -0.25) is 19.4 Å². The molecule has 0 spiro atoms. The number of hydrogen-bond acceptors (Lipinski definition) is 8. The van der Waals surface area contributed by atoms with Crippen LogP contribution in [-0.2, 0) is 32.3 Å². The smallest absolute Gasteiger partial charge is 0.317 e. The molecular weight excluding hydrogens is 857 g/mol. The Bertz CT molecular complexity index is 1380. The van der Waals surface area contributed by atoms with Crippen LogP contribution in [0.3, 0.4) is 0 Å². The molecule has 0 aliphatic carbocycles. The summed E-state index contributed by atoms with van der Waals surface area (Å²) in [7, 11) is 9.47. The van der Waals surface area contributed by atoms with Gasteiger partial charge < -0.3 is 39.0 Å². The maximum absolute atomic E-state index is 10.5. The Labute approximate surface area is 414 Å². The van der Waals surface area contributed by atoms with Gasteiger partial charge in [-0.1, -0.05) is 203 Å². The van der Waals surface area contributed by atoms with E-state index in [0.29, 0.717) is 0 Å². The molecule has 0 radical (unpaired) electrons. The van der Waals surface area contributed by atoms with Crippen molar-refractivity contribution in [2.75, 3.05) is 80.5 Å². The second-order valence-electron chi connectivity index (χ2n) is 20.3. The molecule has 2 N–H and O–H groups in total. The standard InChI is InChI=1S/2C23H42N.C10H16N2O8/c2*1-4-5-6-7-8-9-10-11-12-13-14-18-21-24(2,3)22-23-19-16-15-17-20-23;13-7(14)3-11(4-8(15)16)1-2-12(5-9(17)18)6-10(19)20/h2*15-17,19-20H,4-14,18,21-22H2,1-3H3;1-6H2,(H,13,14)(H,15,16)(H,17,18)(H,19,20)/q2*+1;/p-2. The van der Waals surface area contributed by atoms with Gasteiger partial charge in [-0.05, 0) is 25.7 Å². The highest BCUT2D eigenvalue weighted by Gasteiger charge is 2.17. The van der Waals surface area contributed by atoms with Crippen LogP contribution in [0.1, 0.15) is 179 Å². The van der Waals surface area contributed by atoms with Crippen LogP contribution < -0.4 is 10.2 Å². The minimum absolute atomic E-state index is 0.126. The van der Waals surface area contributed by atoms with E-state index in [0.717, 1.165) is 31.9 Å². The van der Waals surface area contributed by atoms with Crippen LogP contribution in [0.25, 0.3) is 0 Å². The summed E-state index contributed by atoms with van der Waals surface area (Å²) < 4.78 is 2.23. The van der Waals surface area contributed by atoms with Gasteiger partial charge in [0.2, 0.25) is 0 Å². The van der Waals surface area contributed by atoms with Gasteiger partial charge in [-0.15, -0.1) is 0 Å². The predicted molar refractivity (Wildman–Crippen MR) is 275 cm³/mol. The molecule has 0 heterocycles. The van der Waals surface area contributed by atoms with Gasteiger partial charge >= 0.3 is 11.9 Å². The fourth-order valence-electron chi connectivity index (χ4n) is 8.53. The maximum atomic E-state index is 10.5. The summed E-state index contributed by atoms with van der Waals surface area (Å²) in [5.74, 6) is -5.52. The SMILES string of the molecule is CCCCCCCCCCCCCC[N+](C)(C)Cc1ccccc1.CCCCCCCCCCCCCC[N+](C)(C)Cc1ccccc1.O=C([O-])CN(CCN(CC(=O)O)CC(=O)O)CC(=O)[O-]. The van der Waals surface area contributed by atoms with Gasteiger partial charge in [0.25, 0.3) is 0 Å². The Morgan fingerprint density at radius 2 is 0.662 bits per heavy atom. The maximum Gasteiger partial charge on any atom is 0.317 e. The van der Waals surface area contributed by atoms with E-state index in [9.17, 15) is 29.4 Å². The number of aliphatic carboxylic acids is 4. The molecular formula is C56H98N4O8. The number of carbonyl (C=O) groups excluding carboxylic acids is 2. The van der Waals surface area contributed by atoms with E-state index in [2.05, 4.69) is 103 Å². The van der Waals surface area contributed by atoms with Crippen molar-refractivity contribution in [1.82, 2.24) is 9.80 Å². The molecule has 0 aliphatic heterocycles. The number of carboxylic acid groups (broad SMARTS) is 4. The Morgan fingerprint density at radius 1 is 0.412 bits per heavy atom. The van der Waals surface area contributed by atoms with E-state index in [4.69, 9.17) is 10.2 Å². The highest BCUT2D eigenvalue weighted by molar-refractivity contribution is 5.72. The van der Waals surface area contributed by atoms with Gasteiger partial charge in [0.05, 0.1) is 66.3 Å². The normalized spacial score (nSPS) is 11.5. The molecule has 0 aliphatic rings. The molecule has 2 aromatic carbocycles. The molecule has 0 saturated heterocycles. The van der Waals surface area contributed by atoms with Gasteiger partial charge in [0, 0.05) is 37.3 Å². The third kappa shape index (κ3) is 43.4. The Kier molecular flexibility index (Phi) is 39.7. The zero-order chi connectivity index (χ0) is 50.7. The van der Waals surface area contributed by atoms with Crippen LogP contribution in [0.2, 0.25) is 0 Å². The number of carboxylic acids is 4. The Morgan fingerprint density at radius 3 is 0.912 bits per heavy atom. The zero-order valence-electron chi connectivity index (χ0n) is 43.9. The highest BCUT2D eigenvalue weighted by Crippen LogP contribution is 2.16. The molecule has 0 amide bonds. The number of nitrogens with zero attached hydrogens (tertiary/aromatic N) is 4. The van der Waals surface area contributed by atoms with E-state index in [1.807, 2.05) is 0 Å². The molecule has 2 rings (SSSR count). The summed E-state index contributed by atoms with van der Waals surface area (Å²) in [5.41, 5.74) is 2.92. The third-order valence-corrected chi connectivity index (χ3v) is 12.3. The molecule has 0 bridgehead atoms. The summed E-state index contributed by atoms with van der Waals surface area (Å²) in [6.45, 7) is 6.74. The first-order valence-corrected chi connectivity index (χ1v) is 26.5. The fourth-order valence-corrected chi connectivity index (χ4v) is 8.53. The first-order chi connectivity index (χ1) is 32.5. The lowest BCUT2D eigenvalue weighted by Crippen LogP contribution is -2.47. The first-order valence-electron chi connectivity index (χ1n) is 26.5. The summed E-state index contributed by atoms with van der Waals surface area (Å²) in [5, 5.41) is 38.0. The molecule has 2 aromatic rings. The van der Waals surface area contributed by atoms with Gasteiger partial charge in [-0.25, -0.2) is 0 Å². The number of rotatable bonds is 41. The molecule has 12 heteroatoms. The van der Waals surface area contributed by atoms with Crippen LogP contribution in [0.15, 0.2) is 60.7 Å². The molecule has 12 nitrogen and oxygen atoms in total. The highest BCUT2D eigenvalue weighted by atomic mass is 16.4. The van der Waals surface area contributed by atoms with Crippen LogP contribution in [0.5, 0.6) is 0 Å². The van der Waals surface area contributed by atoms with E-state index in [1.165, 1.54) is 178 Å². The average Bonchev–Trinajstić information content (AvgIpc) is 3.26. The minimum atomic E-state index is -1.51. The first kappa shape index (κ1) is 64.2. The summed E-state index contributed by atoms with van der Waals surface area (Å²) >= 11 is 0. The van der Waals surface area contributed by atoms with Gasteiger partial charge in [-0.2, -0.15) is 0 Å². The van der Waals surface area contributed by atoms with Gasteiger partial charge in [0.15, 0.2) is 0 Å². The summed E-state index contributed by atoms with van der Waals surface area (Å²) in [6, 6.07) is 21.8. The van der Waals surface area contributed by atoms with Crippen molar-refractivity contribution < 1.29 is 48.6 Å². The molecule has 68 heavy (non-hydrogen) atoms. The van der Waals surface area contributed by atoms with Gasteiger partial charge in [0.1, 0.15) is 13.1 Å². The number of carbonyl (C=O) groups is 4. The predicted octanol–water partition coefficient (Wildman–Crippen LogP) is 9.19.